The standard InChI is InChI=1S/C18H21N5/c1-2-23(13-14-8-11-20-12-9-14)18-15-5-3-4-6-16(15)21-17(22-18)7-10-19/h3-6,8-9,11-12H,2,7,10,13,19H2,1H3. The molecule has 2 aromatic heterocycles. The molecule has 0 spiro atoms. The second-order valence-electron chi connectivity index (χ2n) is 5.39. The molecule has 3 aromatic rings. The van der Waals surface area contributed by atoms with E-state index in [-0.39, 0.29) is 0 Å². The van der Waals surface area contributed by atoms with Crippen LogP contribution in [0.4, 0.5) is 5.82 Å². The van der Waals surface area contributed by atoms with E-state index in [2.05, 4.69) is 27.9 Å². The van der Waals surface area contributed by atoms with Gasteiger partial charge in [-0.25, -0.2) is 9.97 Å². The number of fused-ring (bicyclic) bond motifs is 1. The van der Waals surface area contributed by atoms with E-state index in [1.165, 1.54) is 5.56 Å². The molecule has 0 aliphatic rings. The van der Waals surface area contributed by atoms with Crippen LogP contribution >= 0.6 is 0 Å². The summed E-state index contributed by atoms with van der Waals surface area (Å²) in [5.74, 6) is 1.77. The van der Waals surface area contributed by atoms with Crippen LogP contribution in [0.2, 0.25) is 0 Å². The summed E-state index contributed by atoms with van der Waals surface area (Å²) in [4.78, 5) is 15.7. The first kappa shape index (κ1) is 15.4. The van der Waals surface area contributed by atoms with Gasteiger partial charge in [0.2, 0.25) is 0 Å². The topological polar surface area (TPSA) is 67.9 Å². The fourth-order valence-corrected chi connectivity index (χ4v) is 2.63. The first-order chi connectivity index (χ1) is 11.3. The summed E-state index contributed by atoms with van der Waals surface area (Å²) in [5.41, 5.74) is 7.87. The summed E-state index contributed by atoms with van der Waals surface area (Å²) in [5, 5.41) is 1.07. The number of anilines is 1. The van der Waals surface area contributed by atoms with Gasteiger partial charge in [-0.15, -0.1) is 0 Å². The Bertz CT molecular complexity index is 773. The molecule has 0 atom stereocenters. The molecule has 0 fully saturated rings. The van der Waals surface area contributed by atoms with Gasteiger partial charge in [-0.3, -0.25) is 4.98 Å². The molecule has 118 valence electrons. The number of hydrogen-bond acceptors (Lipinski definition) is 5. The van der Waals surface area contributed by atoms with Crippen molar-refractivity contribution in [2.24, 2.45) is 5.73 Å². The third kappa shape index (κ3) is 3.46. The normalized spacial score (nSPS) is 10.9. The van der Waals surface area contributed by atoms with Crippen LogP contribution in [-0.4, -0.2) is 28.0 Å². The lowest BCUT2D eigenvalue weighted by atomic mass is 10.2. The first-order valence-corrected chi connectivity index (χ1v) is 7.91. The Hall–Kier alpha value is -2.53. The molecule has 0 aliphatic heterocycles. The van der Waals surface area contributed by atoms with Crippen LogP contribution in [0.5, 0.6) is 0 Å². The van der Waals surface area contributed by atoms with Crippen LogP contribution < -0.4 is 10.6 Å². The Labute approximate surface area is 136 Å². The minimum Gasteiger partial charge on any atom is -0.352 e. The zero-order valence-corrected chi connectivity index (χ0v) is 13.3. The van der Waals surface area contributed by atoms with E-state index in [9.17, 15) is 0 Å². The Morgan fingerprint density at radius 2 is 1.83 bits per heavy atom. The largest absolute Gasteiger partial charge is 0.352 e. The summed E-state index contributed by atoms with van der Waals surface area (Å²) in [6, 6.07) is 12.2. The van der Waals surface area contributed by atoms with Gasteiger partial charge < -0.3 is 10.6 Å². The fraction of sp³-hybridized carbons (Fsp3) is 0.278. The number of benzene rings is 1. The monoisotopic (exact) mass is 307 g/mol. The van der Waals surface area contributed by atoms with Crippen LogP contribution in [0.15, 0.2) is 48.8 Å². The number of hydrogen-bond donors (Lipinski definition) is 1. The molecule has 0 unspecified atom stereocenters. The van der Waals surface area contributed by atoms with Gasteiger partial charge in [0.05, 0.1) is 5.52 Å². The van der Waals surface area contributed by atoms with Gasteiger partial charge in [0.1, 0.15) is 11.6 Å². The number of rotatable bonds is 6. The molecule has 2 N–H and O–H groups in total. The quantitative estimate of drug-likeness (QED) is 0.758. The molecule has 0 amide bonds. The van der Waals surface area contributed by atoms with Gasteiger partial charge >= 0.3 is 0 Å². The average Bonchev–Trinajstić information content (AvgIpc) is 2.60. The van der Waals surface area contributed by atoms with Crippen molar-refractivity contribution in [3.8, 4) is 0 Å². The molecular weight excluding hydrogens is 286 g/mol. The van der Waals surface area contributed by atoms with Crippen molar-refractivity contribution in [2.75, 3.05) is 18.0 Å². The molecule has 3 rings (SSSR count). The van der Waals surface area contributed by atoms with Gasteiger partial charge in [0.15, 0.2) is 0 Å². The molecular formula is C18H21N5. The zero-order chi connectivity index (χ0) is 16.1. The van der Waals surface area contributed by atoms with E-state index in [0.717, 1.165) is 35.6 Å². The van der Waals surface area contributed by atoms with Crippen molar-refractivity contribution < 1.29 is 0 Å². The van der Waals surface area contributed by atoms with Crippen molar-refractivity contribution in [1.29, 1.82) is 0 Å². The van der Waals surface area contributed by atoms with E-state index < -0.39 is 0 Å². The van der Waals surface area contributed by atoms with Crippen molar-refractivity contribution in [2.45, 2.75) is 19.9 Å². The van der Waals surface area contributed by atoms with Crippen molar-refractivity contribution in [3.05, 3.63) is 60.2 Å². The number of para-hydroxylation sites is 1. The second-order valence-corrected chi connectivity index (χ2v) is 5.39. The lowest BCUT2D eigenvalue weighted by Crippen LogP contribution is -2.24. The van der Waals surface area contributed by atoms with Crippen molar-refractivity contribution in [3.63, 3.8) is 0 Å². The highest BCUT2D eigenvalue weighted by atomic mass is 15.2. The van der Waals surface area contributed by atoms with Crippen LogP contribution in [0.1, 0.15) is 18.3 Å². The van der Waals surface area contributed by atoms with Crippen molar-refractivity contribution in [1.82, 2.24) is 15.0 Å². The molecule has 1 aromatic carbocycles. The third-order valence-corrected chi connectivity index (χ3v) is 3.80. The van der Waals surface area contributed by atoms with E-state index in [0.29, 0.717) is 13.0 Å². The van der Waals surface area contributed by atoms with Crippen LogP contribution in [0.3, 0.4) is 0 Å². The summed E-state index contributed by atoms with van der Waals surface area (Å²) in [6.45, 7) is 4.35. The maximum absolute atomic E-state index is 5.69. The molecule has 0 radical (unpaired) electrons. The highest BCUT2D eigenvalue weighted by Gasteiger charge is 2.13. The molecule has 5 nitrogen and oxygen atoms in total. The lowest BCUT2D eigenvalue weighted by molar-refractivity contribution is 0.796. The summed E-state index contributed by atoms with van der Waals surface area (Å²) in [7, 11) is 0. The molecule has 0 saturated carbocycles. The molecule has 0 aliphatic carbocycles. The SMILES string of the molecule is CCN(Cc1ccncc1)c1nc(CCN)nc2ccccc12. The predicted octanol–water partition coefficient (Wildman–Crippen LogP) is 2.55. The van der Waals surface area contributed by atoms with Gasteiger partial charge in [-0.05, 0) is 43.3 Å². The van der Waals surface area contributed by atoms with Crippen LogP contribution in [0.25, 0.3) is 10.9 Å². The summed E-state index contributed by atoms with van der Waals surface area (Å²) >= 11 is 0. The Morgan fingerprint density at radius 3 is 2.57 bits per heavy atom. The van der Waals surface area contributed by atoms with E-state index in [4.69, 9.17) is 10.7 Å². The summed E-state index contributed by atoms with van der Waals surface area (Å²) < 4.78 is 0. The number of pyridine rings is 1. The number of aromatic nitrogens is 3. The van der Waals surface area contributed by atoms with E-state index >= 15 is 0 Å². The molecule has 0 saturated heterocycles. The maximum atomic E-state index is 5.69. The highest BCUT2D eigenvalue weighted by Crippen LogP contribution is 2.25. The second kappa shape index (κ2) is 7.15. The predicted molar refractivity (Wildman–Crippen MR) is 93.3 cm³/mol. The maximum Gasteiger partial charge on any atom is 0.140 e. The van der Waals surface area contributed by atoms with Crippen LogP contribution in [0, 0.1) is 0 Å². The Kier molecular flexibility index (Phi) is 4.78. The van der Waals surface area contributed by atoms with Crippen LogP contribution in [-0.2, 0) is 13.0 Å². The fourth-order valence-electron chi connectivity index (χ4n) is 2.63. The van der Waals surface area contributed by atoms with Gasteiger partial charge in [-0.1, -0.05) is 12.1 Å². The molecule has 23 heavy (non-hydrogen) atoms. The highest BCUT2D eigenvalue weighted by molar-refractivity contribution is 5.89. The van der Waals surface area contributed by atoms with E-state index in [1.807, 2.05) is 42.7 Å². The Morgan fingerprint density at radius 1 is 1.04 bits per heavy atom. The zero-order valence-electron chi connectivity index (χ0n) is 13.3. The first-order valence-electron chi connectivity index (χ1n) is 7.91. The number of nitrogens with two attached hydrogens (primary N) is 1. The minimum atomic E-state index is 0.550. The van der Waals surface area contributed by atoms with Crippen molar-refractivity contribution >= 4 is 16.7 Å². The minimum absolute atomic E-state index is 0.550. The Balaban J connectivity index is 2.04. The lowest BCUT2D eigenvalue weighted by Gasteiger charge is -2.24. The molecule has 2 heterocycles. The van der Waals surface area contributed by atoms with E-state index in [1.54, 1.807) is 0 Å². The summed E-state index contributed by atoms with van der Waals surface area (Å²) in [6.07, 6.45) is 4.33. The third-order valence-electron chi connectivity index (χ3n) is 3.80. The smallest absolute Gasteiger partial charge is 0.140 e. The van der Waals surface area contributed by atoms with Gasteiger partial charge in [-0.2, -0.15) is 0 Å². The molecule has 5 heteroatoms. The molecule has 0 bridgehead atoms. The number of nitrogens with zero attached hydrogens (tertiary/aromatic N) is 4. The average molecular weight is 307 g/mol. The van der Waals surface area contributed by atoms with Gasteiger partial charge in [0.25, 0.3) is 0 Å². The van der Waals surface area contributed by atoms with Gasteiger partial charge in [0, 0.05) is 37.3 Å².